The molecule has 1 fully saturated rings. The summed E-state index contributed by atoms with van der Waals surface area (Å²) in [7, 11) is 1.54. The molecule has 8 nitrogen and oxygen atoms in total. The Morgan fingerprint density at radius 1 is 1.37 bits per heavy atom. The van der Waals surface area contributed by atoms with Crippen molar-refractivity contribution in [1.82, 2.24) is 20.6 Å². The number of aromatic nitrogens is 2. The van der Waals surface area contributed by atoms with E-state index in [0.29, 0.717) is 6.54 Å². The van der Waals surface area contributed by atoms with E-state index < -0.39 is 5.41 Å². The summed E-state index contributed by atoms with van der Waals surface area (Å²) in [5.41, 5.74) is 2.31. The highest BCUT2D eigenvalue weighted by Crippen LogP contribution is 2.47. The molecule has 1 saturated heterocycles. The molecule has 1 aromatic rings. The summed E-state index contributed by atoms with van der Waals surface area (Å²) in [6.45, 7) is 6.31. The average molecular weight is 404 g/mol. The first kappa shape index (κ1) is 19.8. The molecule has 4 rings (SSSR count). The van der Waals surface area contributed by atoms with Gasteiger partial charge in [0, 0.05) is 31.1 Å². The van der Waals surface area contributed by atoms with E-state index in [4.69, 9.17) is 0 Å². The molecule has 1 atom stereocenters. The second-order valence-corrected chi connectivity index (χ2v) is 7.95. The normalized spacial score (nSPS) is 22.2. The lowest BCUT2D eigenvalue weighted by Gasteiger charge is -2.19. The predicted octanol–water partition coefficient (Wildman–Crippen LogP) is 2.11. The van der Waals surface area contributed by atoms with Gasteiger partial charge in [-0.1, -0.05) is 32.1 Å². The zero-order valence-electron chi connectivity index (χ0n) is 17.4. The quantitative estimate of drug-likeness (QED) is 0.804. The fourth-order valence-electron chi connectivity index (χ4n) is 3.80. The SMILES string of the molecule is CNC(=O)c1ccnc(N2C(=O)C(C)(C)C3C=CC=C(C4=CNC(C)=NC4)C=C32)n1. The molecular weight excluding hydrogens is 380 g/mol. The largest absolute Gasteiger partial charge is 0.354 e. The summed E-state index contributed by atoms with van der Waals surface area (Å²) in [6, 6.07) is 1.52. The molecule has 0 spiro atoms. The molecule has 1 aromatic heterocycles. The molecule has 2 N–H and O–H groups in total. The molecule has 8 heteroatoms. The van der Waals surface area contributed by atoms with E-state index in [1.165, 1.54) is 24.2 Å². The first-order valence-electron chi connectivity index (χ1n) is 9.79. The third-order valence-electron chi connectivity index (χ3n) is 5.61. The smallest absolute Gasteiger partial charge is 0.269 e. The Bertz CT molecular complexity index is 1080. The summed E-state index contributed by atoms with van der Waals surface area (Å²) < 4.78 is 0. The van der Waals surface area contributed by atoms with Crippen LogP contribution in [0.25, 0.3) is 0 Å². The fraction of sp³-hybridized carbons (Fsp3) is 0.318. The summed E-state index contributed by atoms with van der Waals surface area (Å²) in [5, 5.41) is 5.70. The maximum absolute atomic E-state index is 13.4. The van der Waals surface area contributed by atoms with E-state index in [2.05, 4.69) is 25.6 Å². The van der Waals surface area contributed by atoms with Crippen molar-refractivity contribution in [2.75, 3.05) is 18.5 Å². The lowest BCUT2D eigenvalue weighted by atomic mass is 9.80. The molecule has 0 bridgehead atoms. The van der Waals surface area contributed by atoms with E-state index in [1.807, 2.05) is 51.3 Å². The topological polar surface area (TPSA) is 99.6 Å². The van der Waals surface area contributed by atoms with Gasteiger partial charge in [-0.15, -0.1) is 0 Å². The van der Waals surface area contributed by atoms with Crippen LogP contribution in [-0.4, -0.2) is 41.2 Å². The molecule has 0 saturated carbocycles. The van der Waals surface area contributed by atoms with Gasteiger partial charge in [-0.3, -0.25) is 19.5 Å². The van der Waals surface area contributed by atoms with Gasteiger partial charge in [-0.25, -0.2) is 9.97 Å². The Balaban J connectivity index is 1.80. The van der Waals surface area contributed by atoms with Crippen molar-refractivity contribution in [2.24, 2.45) is 16.3 Å². The van der Waals surface area contributed by atoms with Crippen molar-refractivity contribution in [3.05, 3.63) is 65.3 Å². The number of aliphatic imine (C=N–C) groups is 1. The molecule has 0 aromatic carbocycles. The minimum Gasteiger partial charge on any atom is -0.354 e. The first-order chi connectivity index (χ1) is 14.3. The van der Waals surface area contributed by atoms with E-state index in [-0.39, 0.29) is 29.4 Å². The summed E-state index contributed by atoms with van der Waals surface area (Å²) in [6.07, 6.45) is 11.5. The number of carbonyl (C=O) groups excluding carboxylic acids is 2. The van der Waals surface area contributed by atoms with Crippen LogP contribution in [0.3, 0.4) is 0 Å². The molecule has 154 valence electrons. The van der Waals surface area contributed by atoms with Crippen LogP contribution in [0.4, 0.5) is 5.95 Å². The van der Waals surface area contributed by atoms with Crippen LogP contribution in [0.1, 0.15) is 31.3 Å². The molecular formula is C22H24N6O2. The molecule has 1 unspecified atom stereocenters. The summed E-state index contributed by atoms with van der Waals surface area (Å²) in [5.74, 6) is 0.481. The predicted molar refractivity (Wildman–Crippen MR) is 115 cm³/mol. The molecule has 3 aliphatic rings. The van der Waals surface area contributed by atoms with E-state index in [0.717, 1.165) is 22.7 Å². The Hall–Kier alpha value is -3.55. The van der Waals surface area contributed by atoms with Gasteiger partial charge < -0.3 is 10.6 Å². The minimum absolute atomic E-state index is 0.108. The van der Waals surface area contributed by atoms with Crippen molar-refractivity contribution >= 4 is 23.6 Å². The van der Waals surface area contributed by atoms with Crippen molar-refractivity contribution in [3.8, 4) is 0 Å². The van der Waals surface area contributed by atoms with Crippen LogP contribution in [0.2, 0.25) is 0 Å². The highest BCUT2D eigenvalue weighted by molar-refractivity contribution is 6.03. The number of anilines is 1. The maximum Gasteiger partial charge on any atom is 0.269 e. The fourth-order valence-corrected chi connectivity index (χ4v) is 3.80. The lowest BCUT2D eigenvalue weighted by Crippen LogP contribution is -2.33. The van der Waals surface area contributed by atoms with Crippen molar-refractivity contribution in [3.63, 3.8) is 0 Å². The van der Waals surface area contributed by atoms with Gasteiger partial charge >= 0.3 is 0 Å². The van der Waals surface area contributed by atoms with Gasteiger partial charge in [-0.05, 0) is 30.2 Å². The number of hydrogen-bond acceptors (Lipinski definition) is 6. The van der Waals surface area contributed by atoms with Crippen molar-refractivity contribution in [1.29, 1.82) is 0 Å². The third-order valence-corrected chi connectivity index (χ3v) is 5.61. The lowest BCUT2D eigenvalue weighted by molar-refractivity contribution is -0.124. The Morgan fingerprint density at radius 2 is 2.17 bits per heavy atom. The average Bonchev–Trinajstić information content (AvgIpc) is 2.89. The number of nitrogens with zero attached hydrogens (tertiary/aromatic N) is 4. The van der Waals surface area contributed by atoms with E-state index in [1.54, 1.807) is 0 Å². The van der Waals surface area contributed by atoms with Gasteiger partial charge in [0.15, 0.2) is 0 Å². The molecule has 2 aliphatic heterocycles. The van der Waals surface area contributed by atoms with Gasteiger partial charge in [-0.2, -0.15) is 0 Å². The second kappa shape index (κ2) is 7.37. The van der Waals surface area contributed by atoms with E-state index >= 15 is 0 Å². The van der Waals surface area contributed by atoms with Crippen LogP contribution in [0, 0.1) is 11.3 Å². The number of fused-ring (bicyclic) bond motifs is 1. The zero-order chi connectivity index (χ0) is 21.5. The number of nitrogens with one attached hydrogen (secondary N) is 2. The van der Waals surface area contributed by atoms with E-state index in [9.17, 15) is 9.59 Å². The number of rotatable bonds is 3. The van der Waals surface area contributed by atoms with Crippen LogP contribution in [0.5, 0.6) is 0 Å². The highest BCUT2D eigenvalue weighted by Gasteiger charge is 2.51. The molecule has 0 radical (unpaired) electrons. The van der Waals surface area contributed by atoms with Gasteiger partial charge in [0.2, 0.25) is 11.9 Å². The van der Waals surface area contributed by atoms with Crippen LogP contribution in [-0.2, 0) is 4.79 Å². The highest BCUT2D eigenvalue weighted by atomic mass is 16.2. The van der Waals surface area contributed by atoms with Crippen molar-refractivity contribution in [2.45, 2.75) is 20.8 Å². The summed E-state index contributed by atoms with van der Waals surface area (Å²) >= 11 is 0. The van der Waals surface area contributed by atoms with Crippen LogP contribution >= 0.6 is 0 Å². The molecule has 2 amide bonds. The molecule has 30 heavy (non-hydrogen) atoms. The standard InChI is InChI=1S/C22H24N6O2/c1-13-25-11-15(12-26-13)14-6-5-7-16-18(10-14)28(20(30)22(16,2)3)21-24-9-8-17(27-21)19(29)23-4/h5-11,16H,12H2,1-4H3,(H,23,29)(H,25,26). The number of carbonyl (C=O) groups is 2. The molecule has 1 aliphatic carbocycles. The number of hydrogen-bond donors (Lipinski definition) is 2. The second-order valence-electron chi connectivity index (χ2n) is 7.95. The number of allylic oxidation sites excluding steroid dienone is 4. The third kappa shape index (κ3) is 3.24. The Labute approximate surface area is 175 Å². The van der Waals surface area contributed by atoms with Crippen LogP contribution < -0.4 is 15.5 Å². The number of amidine groups is 1. The number of amides is 2. The monoisotopic (exact) mass is 404 g/mol. The minimum atomic E-state index is -0.675. The molecule has 3 heterocycles. The summed E-state index contributed by atoms with van der Waals surface area (Å²) in [4.78, 5) is 40.1. The van der Waals surface area contributed by atoms with Gasteiger partial charge in [0.05, 0.1) is 17.8 Å². The first-order valence-corrected chi connectivity index (χ1v) is 9.79. The Kier molecular flexibility index (Phi) is 4.85. The van der Waals surface area contributed by atoms with Gasteiger partial charge in [0.25, 0.3) is 5.91 Å². The van der Waals surface area contributed by atoms with Crippen LogP contribution in [0.15, 0.2) is 64.6 Å². The zero-order valence-corrected chi connectivity index (χ0v) is 17.4. The maximum atomic E-state index is 13.4. The Morgan fingerprint density at radius 3 is 2.87 bits per heavy atom. The van der Waals surface area contributed by atoms with Crippen molar-refractivity contribution < 1.29 is 9.59 Å². The van der Waals surface area contributed by atoms with Gasteiger partial charge in [0.1, 0.15) is 5.69 Å².